The van der Waals surface area contributed by atoms with E-state index in [1.165, 1.54) is 47.3 Å². The van der Waals surface area contributed by atoms with Crippen LogP contribution >= 0.6 is 0 Å². The molecule has 3 heterocycles. The number of benzene rings is 4. The molecule has 0 amide bonds. The van der Waals surface area contributed by atoms with Crippen LogP contribution in [0.15, 0.2) is 73.3 Å². The monoisotopic (exact) mass is 789 g/mol. The van der Waals surface area contributed by atoms with Crippen molar-refractivity contribution in [1.82, 2.24) is 19.5 Å². The molecule has 4 aromatic carbocycles. The minimum atomic E-state index is -1.27. The van der Waals surface area contributed by atoms with Crippen LogP contribution in [0.5, 0.6) is 0 Å². The average Bonchev–Trinajstić information content (AvgIpc) is 3.79. The fourth-order valence-electron chi connectivity index (χ4n) is 8.15. The molecule has 1 aliphatic heterocycles. The number of hydrogen-bond donors (Lipinski definition) is 1. The summed E-state index contributed by atoms with van der Waals surface area (Å²) in [7, 11) is 0. The lowest BCUT2D eigenvalue weighted by Crippen LogP contribution is -2.49. The van der Waals surface area contributed by atoms with Crippen molar-refractivity contribution in [3.8, 4) is 0 Å². The SMILES string of the molecule is CC(=O)OC[C@H]1O[C@@H](n2cnc3c(N[C@H]4c5c(ccc6cc7ccc8ccccc8c7cc56)[C@@H](OC(C)=O)[C@H](OC(C)=O)[C@@H]4OC(C)=O)ncnc32)C[C@@H]1OC(C)=O. The zero-order valence-electron chi connectivity index (χ0n) is 32.2. The Morgan fingerprint density at radius 2 is 1.41 bits per heavy atom. The summed E-state index contributed by atoms with van der Waals surface area (Å²) < 4.78 is 36.4. The van der Waals surface area contributed by atoms with Gasteiger partial charge in [0.2, 0.25) is 0 Å². The first kappa shape index (κ1) is 38.2. The van der Waals surface area contributed by atoms with Crippen LogP contribution in [0, 0.1) is 0 Å². The highest BCUT2D eigenvalue weighted by atomic mass is 16.6. The molecule has 0 spiro atoms. The number of rotatable bonds is 9. The van der Waals surface area contributed by atoms with E-state index in [2.05, 4.69) is 44.5 Å². The summed E-state index contributed by atoms with van der Waals surface area (Å²) in [6.07, 6.45) is -2.80. The zero-order valence-corrected chi connectivity index (χ0v) is 32.2. The lowest BCUT2D eigenvalue weighted by molar-refractivity contribution is -0.187. The first-order chi connectivity index (χ1) is 27.9. The predicted molar refractivity (Wildman–Crippen MR) is 207 cm³/mol. The number of nitrogens with zero attached hydrogens (tertiary/aromatic N) is 4. The highest BCUT2D eigenvalue weighted by molar-refractivity contribution is 6.12. The Bertz CT molecular complexity index is 2640. The maximum Gasteiger partial charge on any atom is 0.303 e. The lowest BCUT2D eigenvalue weighted by Gasteiger charge is -2.42. The standard InChI is InChI=1S/C42H39N5O11/c1-20(48)53-17-33-32(54-21(2)49)16-34(58-33)47-19-45-37-41(43-18-44-42(37)47)46-36-35-29(38(55-22(3)50)40(57-24(5)52)39(36)56-23(4)51)13-12-27-14-26-11-10-25-8-6-7-9-28(25)30(26)15-31(27)35/h6-15,18-19,32-34,36,38-40H,16-17H2,1-5H3,(H,43,44,46)/t32-,33+,34+,36-,38+,39+,40-/m0/s1. The highest BCUT2D eigenvalue weighted by Crippen LogP contribution is 2.47. The number of ether oxygens (including phenoxy) is 6. The lowest BCUT2D eigenvalue weighted by atomic mass is 9.78. The second-order valence-corrected chi connectivity index (χ2v) is 14.3. The largest absolute Gasteiger partial charge is 0.463 e. The minimum absolute atomic E-state index is 0.131. The molecule has 2 aliphatic rings. The first-order valence-corrected chi connectivity index (χ1v) is 18.7. The molecule has 0 radical (unpaired) electrons. The number of carbonyl (C=O) groups excluding carboxylic acids is 5. The molecular weight excluding hydrogens is 750 g/mol. The molecule has 0 unspecified atom stereocenters. The Morgan fingerprint density at radius 1 is 0.724 bits per heavy atom. The molecule has 1 saturated heterocycles. The highest BCUT2D eigenvalue weighted by Gasteiger charge is 2.50. The quantitative estimate of drug-likeness (QED) is 0.0810. The van der Waals surface area contributed by atoms with Gasteiger partial charge in [-0.15, -0.1) is 0 Å². The van der Waals surface area contributed by atoms with Crippen molar-refractivity contribution in [3.05, 3.63) is 84.4 Å². The third-order valence-electron chi connectivity index (χ3n) is 10.3. The number of carbonyl (C=O) groups is 5. The Balaban J connectivity index is 1.29. The van der Waals surface area contributed by atoms with Crippen LogP contribution in [0.2, 0.25) is 0 Å². The van der Waals surface area contributed by atoms with Gasteiger partial charge in [0.1, 0.15) is 31.4 Å². The van der Waals surface area contributed by atoms with E-state index in [-0.39, 0.29) is 18.8 Å². The molecule has 6 aromatic rings. The first-order valence-electron chi connectivity index (χ1n) is 18.7. The topological polar surface area (TPSA) is 196 Å². The van der Waals surface area contributed by atoms with E-state index >= 15 is 0 Å². The van der Waals surface area contributed by atoms with E-state index in [1.807, 2.05) is 36.4 Å². The maximum absolute atomic E-state index is 12.9. The molecule has 7 atom stereocenters. The van der Waals surface area contributed by atoms with Crippen LogP contribution in [0.3, 0.4) is 0 Å². The molecule has 1 aliphatic carbocycles. The molecule has 58 heavy (non-hydrogen) atoms. The van der Waals surface area contributed by atoms with Gasteiger partial charge in [-0.3, -0.25) is 28.5 Å². The molecule has 2 aromatic heterocycles. The predicted octanol–water partition coefficient (Wildman–Crippen LogP) is 5.70. The summed E-state index contributed by atoms with van der Waals surface area (Å²) >= 11 is 0. The van der Waals surface area contributed by atoms with Gasteiger partial charge in [0.15, 0.2) is 35.3 Å². The summed E-state index contributed by atoms with van der Waals surface area (Å²) in [5, 5.41) is 9.11. The maximum atomic E-state index is 12.9. The number of fused-ring (bicyclic) bond motifs is 7. The van der Waals surface area contributed by atoms with Crippen molar-refractivity contribution in [2.75, 3.05) is 11.9 Å². The summed E-state index contributed by atoms with van der Waals surface area (Å²) in [4.78, 5) is 75.6. The Labute approximate surface area is 330 Å². The van der Waals surface area contributed by atoms with Crippen molar-refractivity contribution in [2.45, 2.75) is 83.8 Å². The molecule has 16 heteroatoms. The Morgan fingerprint density at radius 3 is 2.16 bits per heavy atom. The van der Waals surface area contributed by atoms with Crippen molar-refractivity contribution >= 4 is 79.1 Å². The van der Waals surface area contributed by atoms with E-state index in [1.54, 1.807) is 4.57 Å². The fraction of sp³-hybridized carbons (Fsp3) is 0.333. The molecular formula is C42H39N5O11. The summed E-state index contributed by atoms with van der Waals surface area (Å²) in [6, 6.07) is 19.1. The molecule has 8 rings (SSSR count). The van der Waals surface area contributed by atoms with Gasteiger partial charge in [0, 0.05) is 46.6 Å². The van der Waals surface area contributed by atoms with Crippen LogP contribution in [-0.2, 0) is 52.4 Å². The summed E-state index contributed by atoms with van der Waals surface area (Å²) in [5.41, 5.74) is 1.81. The smallest absolute Gasteiger partial charge is 0.303 e. The van der Waals surface area contributed by atoms with Crippen LogP contribution in [0.25, 0.3) is 43.5 Å². The van der Waals surface area contributed by atoms with Gasteiger partial charge in [-0.2, -0.15) is 0 Å². The van der Waals surface area contributed by atoms with Gasteiger partial charge in [-0.25, -0.2) is 15.0 Å². The van der Waals surface area contributed by atoms with Gasteiger partial charge in [0.05, 0.1) is 12.4 Å². The normalized spacial score (nSPS) is 22.7. The van der Waals surface area contributed by atoms with Gasteiger partial charge in [-0.05, 0) is 50.0 Å². The third kappa shape index (κ3) is 7.22. The molecule has 1 fully saturated rings. The number of imidazole rings is 1. The number of hydrogen-bond acceptors (Lipinski definition) is 15. The number of aromatic nitrogens is 4. The Kier molecular flexibility index (Phi) is 10.1. The summed E-state index contributed by atoms with van der Waals surface area (Å²) in [6.45, 7) is 6.15. The van der Waals surface area contributed by atoms with E-state index in [0.29, 0.717) is 22.3 Å². The van der Waals surface area contributed by atoms with Crippen molar-refractivity contribution in [1.29, 1.82) is 0 Å². The molecule has 16 nitrogen and oxygen atoms in total. The average molecular weight is 790 g/mol. The van der Waals surface area contributed by atoms with Gasteiger partial charge >= 0.3 is 29.8 Å². The van der Waals surface area contributed by atoms with Crippen molar-refractivity contribution < 1.29 is 52.4 Å². The van der Waals surface area contributed by atoms with E-state index < -0.39 is 72.6 Å². The van der Waals surface area contributed by atoms with Crippen LogP contribution in [-0.4, -0.2) is 80.4 Å². The van der Waals surface area contributed by atoms with Gasteiger partial charge in [-0.1, -0.05) is 48.5 Å². The fourth-order valence-corrected chi connectivity index (χ4v) is 8.15. The van der Waals surface area contributed by atoms with Gasteiger partial charge < -0.3 is 33.7 Å². The van der Waals surface area contributed by atoms with Crippen molar-refractivity contribution in [2.24, 2.45) is 0 Å². The van der Waals surface area contributed by atoms with Gasteiger partial charge in [0.25, 0.3) is 0 Å². The van der Waals surface area contributed by atoms with E-state index in [4.69, 9.17) is 28.4 Å². The van der Waals surface area contributed by atoms with E-state index in [0.717, 1.165) is 32.3 Å². The molecule has 1 N–H and O–H groups in total. The molecule has 298 valence electrons. The minimum Gasteiger partial charge on any atom is -0.463 e. The number of nitrogens with one attached hydrogen (secondary N) is 1. The van der Waals surface area contributed by atoms with Crippen LogP contribution in [0.1, 0.15) is 70.5 Å². The van der Waals surface area contributed by atoms with E-state index in [9.17, 15) is 24.0 Å². The molecule has 0 saturated carbocycles. The van der Waals surface area contributed by atoms with Crippen LogP contribution < -0.4 is 5.32 Å². The number of esters is 5. The zero-order chi connectivity index (χ0) is 40.8. The Hall–Kier alpha value is -6.68. The molecule has 0 bridgehead atoms. The summed E-state index contributed by atoms with van der Waals surface area (Å²) in [5.74, 6) is -2.77. The third-order valence-corrected chi connectivity index (χ3v) is 10.3. The second kappa shape index (κ2) is 15.3. The van der Waals surface area contributed by atoms with Crippen molar-refractivity contribution in [3.63, 3.8) is 0 Å². The second-order valence-electron chi connectivity index (χ2n) is 14.3. The van der Waals surface area contributed by atoms with Crippen LogP contribution in [0.4, 0.5) is 5.82 Å². The number of anilines is 1.